The number of carbonyl (C=O) groups excluding carboxylic acids is 3. The normalized spacial score (nSPS) is 16.3. The Morgan fingerprint density at radius 2 is 1.93 bits per heavy atom. The summed E-state index contributed by atoms with van der Waals surface area (Å²) in [6, 6.07) is 10.8. The predicted molar refractivity (Wildman–Crippen MR) is 101 cm³/mol. The Balaban J connectivity index is 1.73. The fourth-order valence-corrected chi connectivity index (χ4v) is 3.16. The molecule has 2 aromatic rings. The minimum atomic E-state index is -0.641. The fourth-order valence-electron chi connectivity index (χ4n) is 2.92. The first kappa shape index (κ1) is 18.8. The number of rotatable bonds is 4. The van der Waals surface area contributed by atoms with Gasteiger partial charge in [-0.25, -0.2) is 4.39 Å². The van der Waals surface area contributed by atoms with Crippen LogP contribution in [-0.2, 0) is 14.4 Å². The summed E-state index contributed by atoms with van der Waals surface area (Å²) in [4.78, 5) is 37.4. The van der Waals surface area contributed by atoms with Gasteiger partial charge in [0.2, 0.25) is 17.7 Å². The Bertz CT molecular complexity index is 919. The first-order valence-electron chi connectivity index (χ1n) is 8.28. The summed E-state index contributed by atoms with van der Waals surface area (Å²) in [5.41, 5.74) is 0.840. The number of carbonyl (C=O) groups is 3. The van der Waals surface area contributed by atoms with Crippen molar-refractivity contribution in [2.24, 2.45) is 5.92 Å². The molecule has 0 spiro atoms. The van der Waals surface area contributed by atoms with E-state index in [0.29, 0.717) is 16.4 Å². The lowest BCUT2D eigenvalue weighted by Crippen LogP contribution is -2.28. The van der Waals surface area contributed by atoms with Crippen molar-refractivity contribution in [3.63, 3.8) is 0 Å². The Kier molecular flexibility index (Phi) is 5.41. The fraction of sp³-hybridized carbons (Fsp3) is 0.211. The number of hydrogen-bond donors (Lipinski definition) is 2. The molecule has 1 aliphatic heterocycles. The summed E-state index contributed by atoms with van der Waals surface area (Å²) in [6.07, 6.45) is 0.00403. The smallest absolute Gasteiger partial charge is 0.229 e. The van der Waals surface area contributed by atoms with E-state index in [0.717, 1.165) is 6.07 Å². The first-order valence-corrected chi connectivity index (χ1v) is 8.66. The van der Waals surface area contributed by atoms with Crippen LogP contribution < -0.4 is 15.5 Å². The van der Waals surface area contributed by atoms with Gasteiger partial charge in [0.15, 0.2) is 0 Å². The average Bonchev–Trinajstić information content (AvgIpc) is 2.99. The van der Waals surface area contributed by atoms with Crippen LogP contribution in [-0.4, -0.2) is 24.3 Å². The van der Waals surface area contributed by atoms with Crippen molar-refractivity contribution in [1.29, 1.82) is 0 Å². The van der Waals surface area contributed by atoms with Gasteiger partial charge in [-0.15, -0.1) is 0 Å². The van der Waals surface area contributed by atoms with Gasteiger partial charge < -0.3 is 15.5 Å². The molecule has 1 fully saturated rings. The van der Waals surface area contributed by atoms with E-state index in [4.69, 9.17) is 11.6 Å². The van der Waals surface area contributed by atoms with Crippen molar-refractivity contribution in [3.8, 4) is 0 Å². The molecule has 3 rings (SSSR count). The Morgan fingerprint density at radius 1 is 1.19 bits per heavy atom. The van der Waals surface area contributed by atoms with Crippen LogP contribution >= 0.6 is 11.6 Å². The molecule has 140 valence electrons. The van der Waals surface area contributed by atoms with E-state index in [1.165, 1.54) is 24.0 Å². The van der Waals surface area contributed by atoms with Crippen LogP contribution in [0.1, 0.15) is 13.3 Å². The number of benzene rings is 2. The van der Waals surface area contributed by atoms with Gasteiger partial charge in [0.05, 0.1) is 22.3 Å². The van der Waals surface area contributed by atoms with E-state index in [2.05, 4.69) is 10.6 Å². The van der Waals surface area contributed by atoms with Crippen LogP contribution in [0.5, 0.6) is 0 Å². The summed E-state index contributed by atoms with van der Waals surface area (Å²) >= 11 is 6.13. The van der Waals surface area contributed by atoms with Gasteiger partial charge in [0.1, 0.15) is 5.82 Å². The predicted octanol–water partition coefficient (Wildman–Crippen LogP) is 3.43. The highest BCUT2D eigenvalue weighted by atomic mass is 35.5. The maximum atomic E-state index is 14.0. The van der Waals surface area contributed by atoms with Crippen molar-refractivity contribution in [2.75, 3.05) is 22.1 Å². The molecule has 0 saturated carbocycles. The minimum Gasteiger partial charge on any atom is -0.326 e. The summed E-state index contributed by atoms with van der Waals surface area (Å²) in [5.74, 6) is -2.29. The standard InChI is InChI=1S/C19H17ClFN3O3/c1-11(25)22-13-6-7-15(21)16(9-13)23-19(27)12-8-18(26)24(10-12)17-5-3-2-4-14(17)20/h2-7,9,12H,8,10H2,1H3,(H,22,25)(H,23,27). The number of nitrogens with one attached hydrogen (secondary N) is 2. The summed E-state index contributed by atoms with van der Waals surface area (Å²) in [6.45, 7) is 1.48. The monoisotopic (exact) mass is 389 g/mol. The van der Waals surface area contributed by atoms with Gasteiger partial charge in [-0.05, 0) is 30.3 Å². The zero-order chi connectivity index (χ0) is 19.6. The van der Waals surface area contributed by atoms with Crippen molar-refractivity contribution < 1.29 is 18.8 Å². The number of hydrogen-bond acceptors (Lipinski definition) is 3. The van der Waals surface area contributed by atoms with Crippen LogP contribution in [0.2, 0.25) is 5.02 Å². The van der Waals surface area contributed by atoms with Gasteiger partial charge in [0.25, 0.3) is 0 Å². The summed E-state index contributed by atoms with van der Waals surface area (Å²) in [5, 5.41) is 5.44. The molecule has 0 radical (unpaired) electrons. The van der Waals surface area contributed by atoms with Crippen LogP contribution in [0, 0.1) is 11.7 Å². The molecular weight excluding hydrogens is 373 g/mol. The lowest BCUT2D eigenvalue weighted by atomic mass is 10.1. The number of para-hydroxylation sites is 1. The van der Waals surface area contributed by atoms with E-state index in [-0.39, 0.29) is 30.5 Å². The molecule has 2 aromatic carbocycles. The van der Waals surface area contributed by atoms with Crippen molar-refractivity contribution in [2.45, 2.75) is 13.3 Å². The number of nitrogens with zero attached hydrogens (tertiary/aromatic N) is 1. The lowest BCUT2D eigenvalue weighted by molar-refractivity contribution is -0.122. The first-order chi connectivity index (χ1) is 12.8. The largest absolute Gasteiger partial charge is 0.326 e. The molecule has 1 aliphatic rings. The average molecular weight is 390 g/mol. The molecule has 8 heteroatoms. The Hall–Kier alpha value is -2.93. The third-order valence-electron chi connectivity index (χ3n) is 4.18. The lowest BCUT2D eigenvalue weighted by Gasteiger charge is -2.18. The molecule has 1 atom stereocenters. The van der Waals surface area contributed by atoms with E-state index in [9.17, 15) is 18.8 Å². The van der Waals surface area contributed by atoms with Crippen molar-refractivity contribution in [1.82, 2.24) is 0 Å². The zero-order valence-electron chi connectivity index (χ0n) is 14.5. The maximum Gasteiger partial charge on any atom is 0.229 e. The van der Waals surface area contributed by atoms with Gasteiger partial charge >= 0.3 is 0 Å². The van der Waals surface area contributed by atoms with E-state index < -0.39 is 17.6 Å². The quantitative estimate of drug-likeness (QED) is 0.840. The second-order valence-corrected chi connectivity index (χ2v) is 6.63. The van der Waals surface area contributed by atoms with Gasteiger partial charge in [0, 0.05) is 25.6 Å². The second-order valence-electron chi connectivity index (χ2n) is 6.22. The summed E-state index contributed by atoms with van der Waals surface area (Å²) in [7, 11) is 0. The number of amides is 3. The third kappa shape index (κ3) is 4.25. The molecule has 27 heavy (non-hydrogen) atoms. The molecule has 1 unspecified atom stereocenters. The molecule has 6 nitrogen and oxygen atoms in total. The van der Waals surface area contributed by atoms with Crippen LogP contribution in [0.4, 0.5) is 21.5 Å². The Labute approximate surface area is 160 Å². The van der Waals surface area contributed by atoms with Gasteiger partial charge in [-0.3, -0.25) is 14.4 Å². The highest BCUT2D eigenvalue weighted by Crippen LogP contribution is 2.31. The molecule has 0 bridgehead atoms. The van der Waals surface area contributed by atoms with Crippen LogP contribution in [0.3, 0.4) is 0 Å². The summed E-state index contributed by atoms with van der Waals surface area (Å²) < 4.78 is 14.0. The van der Waals surface area contributed by atoms with E-state index >= 15 is 0 Å². The van der Waals surface area contributed by atoms with Gasteiger partial charge in [-0.2, -0.15) is 0 Å². The second kappa shape index (κ2) is 7.75. The number of halogens is 2. The zero-order valence-corrected chi connectivity index (χ0v) is 15.2. The molecule has 0 aliphatic carbocycles. The highest BCUT2D eigenvalue weighted by Gasteiger charge is 2.36. The molecule has 1 saturated heterocycles. The molecule has 2 N–H and O–H groups in total. The highest BCUT2D eigenvalue weighted by molar-refractivity contribution is 6.33. The SMILES string of the molecule is CC(=O)Nc1ccc(F)c(NC(=O)C2CC(=O)N(c3ccccc3Cl)C2)c1. The molecule has 3 amide bonds. The van der Waals surface area contributed by atoms with Crippen molar-refractivity contribution >= 4 is 46.4 Å². The maximum absolute atomic E-state index is 14.0. The van der Waals surface area contributed by atoms with Crippen LogP contribution in [0.15, 0.2) is 42.5 Å². The topological polar surface area (TPSA) is 78.5 Å². The van der Waals surface area contributed by atoms with Crippen LogP contribution in [0.25, 0.3) is 0 Å². The van der Waals surface area contributed by atoms with E-state index in [1.807, 2.05) is 0 Å². The minimum absolute atomic E-state index is 0.00403. The van der Waals surface area contributed by atoms with Gasteiger partial charge in [-0.1, -0.05) is 23.7 Å². The molecule has 0 aromatic heterocycles. The third-order valence-corrected chi connectivity index (χ3v) is 4.50. The number of anilines is 3. The molecule has 1 heterocycles. The Morgan fingerprint density at radius 3 is 2.63 bits per heavy atom. The van der Waals surface area contributed by atoms with Crippen molar-refractivity contribution in [3.05, 3.63) is 53.3 Å². The molecular formula is C19H17ClFN3O3. The van der Waals surface area contributed by atoms with E-state index in [1.54, 1.807) is 24.3 Å².